The first kappa shape index (κ1) is 15.3. The molecule has 2 fully saturated rings. The maximum atomic E-state index is 2.76. The molecule has 0 radical (unpaired) electrons. The summed E-state index contributed by atoms with van der Waals surface area (Å²) < 4.78 is 0. The Balaban J connectivity index is 1.77. The Kier molecular flexibility index (Phi) is 4.91. The summed E-state index contributed by atoms with van der Waals surface area (Å²) in [6.45, 7) is 12.2. The van der Waals surface area contributed by atoms with Gasteiger partial charge >= 0.3 is 0 Å². The van der Waals surface area contributed by atoms with Crippen molar-refractivity contribution < 1.29 is 0 Å². The van der Waals surface area contributed by atoms with Crippen LogP contribution in [0.4, 0.5) is 0 Å². The van der Waals surface area contributed by atoms with E-state index in [1.807, 2.05) is 0 Å². The summed E-state index contributed by atoms with van der Waals surface area (Å²) in [5, 5.41) is 0. The Bertz CT molecular complexity index is 266. The van der Waals surface area contributed by atoms with Crippen LogP contribution in [0.5, 0.6) is 0 Å². The maximum absolute atomic E-state index is 2.76. The minimum Gasteiger partial charge on any atom is -0.306 e. The molecule has 3 heteroatoms. The van der Waals surface area contributed by atoms with E-state index in [1.165, 1.54) is 51.9 Å². The zero-order chi connectivity index (χ0) is 14.0. The van der Waals surface area contributed by atoms with Crippen molar-refractivity contribution in [3.05, 3.63) is 0 Å². The van der Waals surface area contributed by atoms with Gasteiger partial charge in [-0.2, -0.15) is 0 Å². The topological polar surface area (TPSA) is 9.72 Å². The van der Waals surface area contributed by atoms with Gasteiger partial charge in [0.25, 0.3) is 0 Å². The van der Waals surface area contributed by atoms with Gasteiger partial charge in [0.15, 0.2) is 0 Å². The lowest BCUT2D eigenvalue weighted by Crippen LogP contribution is -2.53. The van der Waals surface area contributed by atoms with Crippen LogP contribution in [0.25, 0.3) is 0 Å². The highest BCUT2D eigenvalue weighted by Crippen LogP contribution is 2.25. The quantitative estimate of drug-likeness (QED) is 0.760. The van der Waals surface area contributed by atoms with Crippen LogP contribution in [-0.2, 0) is 0 Å². The molecule has 112 valence electrons. The molecule has 2 aliphatic rings. The van der Waals surface area contributed by atoms with Gasteiger partial charge in [0.2, 0.25) is 0 Å². The molecular weight excluding hydrogens is 234 g/mol. The number of piperidine rings is 2. The molecule has 0 unspecified atom stereocenters. The summed E-state index contributed by atoms with van der Waals surface area (Å²) in [7, 11) is 4.45. The van der Waals surface area contributed by atoms with E-state index in [1.54, 1.807) is 0 Å². The van der Waals surface area contributed by atoms with Gasteiger partial charge in [-0.25, -0.2) is 0 Å². The molecule has 2 heterocycles. The molecule has 0 N–H and O–H groups in total. The zero-order valence-corrected chi connectivity index (χ0v) is 13.7. The van der Waals surface area contributed by atoms with Crippen molar-refractivity contribution in [2.24, 2.45) is 0 Å². The SMILES string of the molecule is CN(C)C1CCN(C2CCN(C(C)(C)C)CC2)CC1. The standard InChI is InChI=1S/C16H33N3/c1-16(2,3)19-12-8-15(9-13-19)18-10-6-14(7-11-18)17(4)5/h14-15H,6-13H2,1-5H3. The van der Waals surface area contributed by atoms with E-state index in [9.17, 15) is 0 Å². The number of hydrogen-bond donors (Lipinski definition) is 0. The van der Waals surface area contributed by atoms with E-state index < -0.39 is 0 Å². The summed E-state index contributed by atoms with van der Waals surface area (Å²) in [5.74, 6) is 0. The van der Waals surface area contributed by atoms with Crippen LogP contribution in [0, 0.1) is 0 Å². The van der Waals surface area contributed by atoms with Crippen molar-refractivity contribution in [3.63, 3.8) is 0 Å². The summed E-state index contributed by atoms with van der Waals surface area (Å²) in [6.07, 6.45) is 5.44. The summed E-state index contributed by atoms with van der Waals surface area (Å²) >= 11 is 0. The van der Waals surface area contributed by atoms with Crippen LogP contribution in [0.1, 0.15) is 46.5 Å². The van der Waals surface area contributed by atoms with Gasteiger partial charge in [0.1, 0.15) is 0 Å². The van der Waals surface area contributed by atoms with Crippen LogP contribution >= 0.6 is 0 Å². The molecule has 0 amide bonds. The van der Waals surface area contributed by atoms with Gasteiger partial charge < -0.3 is 9.80 Å². The lowest BCUT2D eigenvalue weighted by atomic mass is 9.94. The van der Waals surface area contributed by atoms with Gasteiger partial charge in [-0.3, -0.25) is 4.90 Å². The predicted octanol–water partition coefficient (Wildman–Crippen LogP) is 2.28. The van der Waals surface area contributed by atoms with Crippen LogP contribution in [-0.4, -0.2) is 72.6 Å². The average Bonchev–Trinajstić information content (AvgIpc) is 2.38. The highest BCUT2D eigenvalue weighted by molar-refractivity contribution is 4.88. The van der Waals surface area contributed by atoms with Gasteiger partial charge in [-0.05, 0) is 73.6 Å². The third kappa shape index (κ3) is 3.93. The lowest BCUT2D eigenvalue weighted by molar-refractivity contribution is 0.0372. The second-order valence-electron chi connectivity index (χ2n) is 7.62. The Morgan fingerprint density at radius 2 is 1.37 bits per heavy atom. The van der Waals surface area contributed by atoms with Gasteiger partial charge in [0, 0.05) is 30.7 Å². The molecule has 0 aromatic carbocycles. The predicted molar refractivity (Wildman–Crippen MR) is 82.6 cm³/mol. The van der Waals surface area contributed by atoms with Crippen molar-refractivity contribution in [1.29, 1.82) is 0 Å². The average molecular weight is 267 g/mol. The Morgan fingerprint density at radius 1 is 0.842 bits per heavy atom. The molecule has 0 bridgehead atoms. The third-order valence-corrected chi connectivity index (χ3v) is 5.16. The highest BCUT2D eigenvalue weighted by Gasteiger charge is 2.31. The van der Waals surface area contributed by atoms with E-state index in [-0.39, 0.29) is 0 Å². The molecule has 2 saturated heterocycles. The van der Waals surface area contributed by atoms with Crippen molar-refractivity contribution in [2.45, 2.75) is 64.1 Å². The smallest absolute Gasteiger partial charge is 0.0125 e. The third-order valence-electron chi connectivity index (χ3n) is 5.16. The molecule has 0 spiro atoms. The highest BCUT2D eigenvalue weighted by atomic mass is 15.2. The fourth-order valence-corrected chi connectivity index (χ4v) is 3.67. The molecule has 0 aliphatic carbocycles. The van der Waals surface area contributed by atoms with Crippen molar-refractivity contribution >= 4 is 0 Å². The van der Waals surface area contributed by atoms with Gasteiger partial charge in [-0.1, -0.05) is 0 Å². The molecule has 0 atom stereocenters. The number of hydrogen-bond acceptors (Lipinski definition) is 3. The number of rotatable bonds is 2. The fourth-order valence-electron chi connectivity index (χ4n) is 3.67. The van der Waals surface area contributed by atoms with E-state index in [0.717, 1.165) is 12.1 Å². The van der Waals surface area contributed by atoms with E-state index in [4.69, 9.17) is 0 Å². The first-order valence-electron chi connectivity index (χ1n) is 8.03. The molecule has 3 nitrogen and oxygen atoms in total. The zero-order valence-electron chi connectivity index (χ0n) is 13.7. The van der Waals surface area contributed by atoms with Crippen LogP contribution in [0.15, 0.2) is 0 Å². The van der Waals surface area contributed by atoms with Crippen LogP contribution in [0.2, 0.25) is 0 Å². The molecule has 2 rings (SSSR count). The number of likely N-dealkylation sites (tertiary alicyclic amines) is 2. The first-order chi connectivity index (χ1) is 8.88. The Labute approximate surface area is 119 Å². The first-order valence-corrected chi connectivity index (χ1v) is 8.03. The molecule has 19 heavy (non-hydrogen) atoms. The minimum atomic E-state index is 0.350. The van der Waals surface area contributed by atoms with Gasteiger partial charge in [-0.15, -0.1) is 0 Å². The van der Waals surface area contributed by atoms with Crippen LogP contribution in [0.3, 0.4) is 0 Å². The Morgan fingerprint density at radius 3 is 1.79 bits per heavy atom. The second-order valence-corrected chi connectivity index (χ2v) is 7.62. The van der Waals surface area contributed by atoms with E-state index >= 15 is 0 Å². The maximum Gasteiger partial charge on any atom is 0.0125 e. The summed E-state index contributed by atoms with van der Waals surface area (Å²) in [5.41, 5.74) is 0.350. The summed E-state index contributed by atoms with van der Waals surface area (Å²) in [4.78, 5) is 7.82. The fraction of sp³-hybridized carbons (Fsp3) is 1.00. The second kappa shape index (κ2) is 6.11. The molecule has 2 aliphatic heterocycles. The monoisotopic (exact) mass is 267 g/mol. The minimum absolute atomic E-state index is 0.350. The van der Waals surface area contributed by atoms with E-state index in [2.05, 4.69) is 49.6 Å². The Hall–Kier alpha value is -0.120. The lowest BCUT2D eigenvalue weighted by Gasteiger charge is -2.46. The molecule has 0 aromatic heterocycles. The van der Waals surface area contributed by atoms with E-state index in [0.29, 0.717) is 5.54 Å². The molecule has 0 aromatic rings. The number of nitrogens with zero attached hydrogens (tertiary/aromatic N) is 3. The normalized spacial score (nSPS) is 26.2. The molecular formula is C16H33N3. The summed E-state index contributed by atoms with van der Waals surface area (Å²) in [6, 6.07) is 1.66. The van der Waals surface area contributed by atoms with Crippen LogP contribution < -0.4 is 0 Å². The van der Waals surface area contributed by atoms with Crippen molar-refractivity contribution in [1.82, 2.24) is 14.7 Å². The van der Waals surface area contributed by atoms with Crippen molar-refractivity contribution in [3.8, 4) is 0 Å². The van der Waals surface area contributed by atoms with Crippen molar-refractivity contribution in [2.75, 3.05) is 40.3 Å². The molecule has 0 saturated carbocycles. The largest absolute Gasteiger partial charge is 0.306 e. The van der Waals surface area contributed by atoms with Gasteiger partial charge in [0.05, 0.1) is 0 Å².